The van der Waals surface area contributed by atoms with Crippen molar-refractivity contribution in [3.05, 3.63) is 83.7 Å². The van der Waals surface area contributed by atoms with E-state index < -0.39 is 0 Å². The van der Waals surface area contributed by atoms with Crippen LogP contribution in [0.2, 0.25) is 0 Å². The van der Waals surface area contributed by atoms with Crippen molar-refractivity contribution in [1.29, 1.82) is 0 Å². The topological polar surface area (TPSA) is 68.5 Å². The number of nitrogens with one attached hydrogen (secondary N) is 1. The minimum absolute atomic E-state index is 0.148. The highest BCUT2D eigenvalue weighted by atomic mass is 16.5. The van der Waals surface area contributed by atoms with Gasteiger partial charge in [0.2, 0.25) is 0 Å². The van der Waals surface area contributed by atoms with Crippen molar-refractivity contribution in [3.63, 3.8) is 0 Å². The summed E-state index contributed by atoms with van der Waals surface area (Å²) >= 11 is 0. The molecule has 0 aliphatic heterocycles. The summed E-state index contributed by atoms with van der Waals surface area (Å²) in [5.41, 5.74) is 4.37. The fourth-order valence-corrected chi connectivity index (χ4v) is 3.53. The fourth-order valence-electron chi connectivity index (χ4n) is 3.53. The number of methoxy groups -OCH3 is 1. The van der Waals surface area contributed by atoms with Crippen LogP contribution in [0.5, 0.6) is 5.75 Å². The molecule has 1 amide bonds. The summed E-state index contributed by atoms with van der Waals surface area (Å²) in [7, 11) is 1.63. The van der Waals surface area contributed by atoms with Gasteiger partial charge in [0.25, 0.3) is 5.91 Å². The molecule has 0 saturated heterocycles. The van der Waals surface area contributed by atoms with Crippen LogP contribution in [0.4, 0.5) is 0 Å². The Kier molecular flexibility index (Phi) is 5.70. The lowest BCUT2D eigenvalue weighted by molar-refractivity contribution is 0.0932. The number of hydrogen-bond donors (Lipinski definition) is 1. The van der Waals surface area contributed by atoms with Gasteiger partial charge in [-0.2, -0.15) is 5.10 Å². The Balaban J connectivity index is 1.81. The zero-order valence-electron chi connectivity index (χ0n) is 19.1. The molecular weight excluding hydrogens is 400 g/mol. The zero-order valence-corrected chi connectivity index (χ0v) is 19.1. The van der Waals surface area contributed by atoms with Gasteiger partial charge in [-0.1, -0.05) is 63.2 Å². The van der Waals surface area contributed by atoms with Crippen molar-refractivity contribution < 1.29 is 9.53 Å². The van der Waals surface area contributed by atoms with E-state index in [1.54, 1.807) is 17.7 Å². The average Bonchev–Trinajstić information content (AvgIpc) is 3.24. The van der Waals surface area contributed by atoms with Crippen molar-refractivity contribution in [3.8, 4) is 17.0 Å². The normalized spacial score (nSPS) is 12.5. The summed E-state index contributed by atoms with van der Waals surface area (Å²) in [6.07, 6.45) is 0. The molecule has 4 aromatic rings. The Hall–Kier alpha value is -3.67. The minimum Gasteiger partial charge on any atom is -0.497 e. The molecule has 2 aromatic carbocycles. The maximum atomic E-state index is 13.4. The lowest BCUT2D eigenvalue weighted by Crippen LogP contribution is -2.29. The maximum absolute atomic E-state index is 13.4. The standard InChI is InChI=1S/C26H28N4O2/c1-17(18-10-7-6-8-11-18)27-25(31)22-15-21(19-12-9-13-20(14-19)32-5)28-24-16-23(26(2,3)4)29-30(22)24/h6-17H,1-5H3,(H,27,31). The number of benzene rings is 2. The number of ether oxygens (including phenoxy) is 1. The molecule has 0 radical (unpaired) electrons. The van der Waals surface area contributed by atoms with Crippen LogP contribution in [-0.4, -0.2) is 27.6 Å². The Morgan fingerprint density at radius 1 is 1.03 bits per heavy atom. The van der Waals surface area contributed by atoms with Gasteiger partial charge in [-0.15, -0.1) is 0 Å². The summed E-state index contributed by atoms with van der Waals surface area (Å²) in [5.74, 6) is 0.526. The fraction of sp³-hybridized carbons (Fsp3) is 0.269. The van der Waals surface area contributed by atoms with Gasteiger partial charge in [0.15, 0.2) is 5.65 Å². The Bertz CT molecular complexity index is 1260. The molecule has 164 valence electrons. The smallest absolute Gasteiger partial charge is 0.270 e. The highest BCUT2D eigenvalue weighted by Gasteiger charge is 2.23. The third kappa shape index (κ3) is 4.35. The van der Waals surface area contributed by atoms with Crippen LogP contribution < -0.4 is 10.1 Å². The van der Waals surface area contributed by atoms with Crippen LogP contribution in [0.25, 0.3) is 16.9 Å². The molecule has 2 aromatic heterocycles. The van der Waals surface area contributed by atoms with Gasteiger partial charge in [-0.05, 0) is 30.7 Å². The molecule has 2 heterocycles. The molecule has 0 fully saturated rings. The first-order valence-corrected chi connectivity index (χ1v) is 10.7. The number of nitrogens with zero attached hydrogens (tertiary/aromatic N) is 3. The number of amides is 1. The summed E-state index contributed by atoms with van der Waals surface area (Å²) in [5, 5.41) is 7.82. The van der Waals surface area contributed by atoms with E-state index in [0.717, 1.165) is 22.6 Å². The van der Waals surface area contributed by atoms with Crippen molar-refractivity contribution in [1.82, 2.24) is 19.9 Å². The number of hydrogen-bond acceptors (Lipinski definition) is 4. The van der Waals surface area contributed by atoms with Crippen LogP contribution in [0.15, 0.2) is 66.7 Å². The number of carbonyl (C=O) groups excluding carboxylic acids is 1. The molecule has 0 bridgehead atoms. The highest BCUT2D eigenvalue weighted by molar-refractivity contribution is 5.94. The van der Waals surface area contributed by atoms with E-state index >= 15 is 0 Å². The number of rotatable bonds is 5. The molecule has 32 heavy (non-hydrogen) atoms. The molecule has 6 nitrogen and oxygen atoms in total. The van der Waals surface area contributed by atoms with Gasteiger partial charge in [0.1, 0.15) is 11.4 Å². The van der Waals surface area contributed by atoms with E-state index in [9.17, 15) is 4.79 Å². The number of fused-ring (bicyclic) bond motifs is 1. The van der Waals surface area contributed by atoms with E-state index in [1.807, 2.05) is 67.6 Å². The van der Waals surface area contributed by atoms with E-state index in [0.29, 0.717) is 17.0 Å². The SMILES string of the molecule is COc1cccc(-c2cc(C(=O)NC(C)c3ccccc3)n3nc(C(C)(C)C)cc3n2)c1. The van der Waals surface area contributed by atoms with Gasteiger partial charge in [-0.3, -0.25) is 4.79 Å². The first kappa shape index (κ1) is 21.6. The summed E-state index contributed by atoms with van der Waals surface area (Å²) in [6.45, 7) is 8.25. The minimum atomic E-state index is -0.207. The molecule has 6 heteroatoms. The number of carbonyl (C=O) groups is 1. The molecule has 0 aliphatic carbocycles. The predicted octanol–water partition coefficient (Wildman–Crippen LogP) is 5.19. The predicted molar refractivity (Wildman–Crippen MR) is 126 cm³/mol. The van der Waals surface area contributed by atoms with E-state index in [4.69, 9.17) is 14.8 Å². The third-order valence-corrected chi connectivity index (χ3v) is 5.44. The van der Waals surface area contributed by atoms with Crippen LogP contribution in [0, 0.1) is 0 Å². The average molecular weight is 429 g/mol. The first-order chi connectivity index (χ1) is 15.3. The molecular formula is C26H28N4O2. The first-order valence-electron chi connectivity index (χ1n) is 10.7. The maximum Gasteiger partial charge on any atom is 0.270 e. The van der Waals surface area contributed by atoms with Crippen molar-refractivity contribution in [2.24, 2.45) is 0 Å². The summed E-state index contributed by atoms with van der Waals surface area (Å²) < 4.78 is 7.00. The lowest BCUT2D eigenvalue weighted by atomic mass is 9.93. The second-order valence-electron chi connectivity index (χ2n) is 8.91. The molecule has 4 rings (SSSR count). The van der Waals surface area contributed by atoms with E-state index in [-0.39, 0.29) is 17.4 Å². The Labute approximate surface area is 188 Å². The largest absolute Gasteiger partial charge is 0.497 e. The van der Waals surface area contributed by atoms with Crippen LogP contribution >= 0.6 is 0 Å². The van der Waals surface area contributed by atoms with Gasteiger partial charge < -0.3 is 10.1 Å². The van der Waals surface area contributed by atoms with Crippen LogP contribution in [-0.2, 0) is 5.41 Å². The number of aromatic nitrogens is 3. The second kappa shape index (κ2) is 8.46. The Morgan fingerprint density at radius 2 is 1.78 bits per heavy atom. The summed E-state index contributed by atoms with van der Waals surface area (Å²) in [4.78, 5) is 18.2. The monoisotopic (exact) mass is 428 g/mol. The summed E-state index contributed by atoms with van der Waals surface area (Å²) in [6, 6.07) is 21.1. The van der Waals surface area contributed by atoms with Gasteiger partial charge >= 0.3 is 0 Å². The highest BCUT2D eigenvalue weighted by Crippen LogP contribution is 2.27. The molecule has 1 unspecified atom stereocenters. The molecule has 1 N–H and O–H groups in total. The van der Waals surface area contributed by atoms with Crippen molar-refractivity contribution in [2.75, 3.05) is 7.11 Å². The van der Waals surface area contributed by atoms with E-state index in [1.165, 1.54) is 0 Å². The van der Waals surface area contributed by atoms with Crippen molar-refractivity contribution >= 4 is 11.6 Å². The Morgan fingerprint density at radius 3 is 2.47 bits per heavy atom. The van der Waals surface area contributed by atoms with Gasteiger partial charge in [0.05, 0.1) is 24.5 Å². The molecule has 1 atom stereocenters. The van der Waals surface area contributed by atoms with Crippen molar-refractivity contribution in [2.45, 2.75) is 39.2 Å². The second-order valence-corrected chi connectivity index (χ2v) is 8.91. The van der Waals surface area contributed by atoms with Gasteiger partial charge in [0, 0.05) is 17.0 Å². The van der Waals surface area contributed by atoms with Crippen LogP contribution in [0.3, 0.4) is 0 Å². The van der Waals surface area contributed by atoms with Crippen LogP contribution in [0.1, 0.15) is 55.5 Å². The molecule has 0 spiro atoms. The zero-order chi connectivity index (χ0) is 22.9. The molecule has 0 aliphatic rings. The molecule has 0 saturated carbocycles. The third-order valence-electron chi connectivity index (χ3n) is 5.44. The van der Waals surface area contributed by atoms with Gasteiger partial charge in [-0.25, -0.2) is 9.50 Å². The quantitative estimate of drug-likeness (QED) is 0.475. The van der Waals surface area contributed by atoms with E-state index in [2.05, 4.69) is 26.1 Å². The lowest BCUT2D eigenvalue weighted by Gasteiger charge is -2.16.